The summed E-state index contributed by atoms with van der Waals surface area (Å²) in [4.78, 5) is 37.8. The lowest BCUT2D eigenvalue weighted by molar-refractivity contribution is -0.384. The number of hydrogen-bond donors (Lipinski definition) is 0. The van der Waals surface area contributed by atoms with Gasteiger partial charge in [-0.05, 0) is 18.9 Å². The molecule has 2 heterocycles. The van der Waals surface area contributed by atoms with Crippen LogP contribution in [0.15, 0.2) is 53.3 Å². The highest BCUT2D eigenvalue weighted by Crippen LogP contribution is 2.27. The molecule has 8 nitrogen and oxygen atoms in total. The van der Waals surface area contributed by atoms with Crippen LogP contribution >= 0.6 is 0 Å². The minimum absolute atomic E-state index is 0.0609. The van der Waals surface area contributed by atoms with Gasteiger partial charge in [0, 0.05) is 36.2 Å². The Kier molecular flexibility index (Phi) is 4.60. The van der Waals surface area contributed by atoms with Gasteiger partial charge in [0.15, 0.2) is 0 Å². The van der Waals surface area contributed by atoms with Gasteiger partial charge in [0.1, 0.15) is 6.54 Å². The van der Waals surface area contributed by atoms with Gasteiger partial charge in [-0.3, -0.25) is 19.7 Å². The molecule has 1 amide bonds. The number of likely N-dealkylation sites (tertiary alicyclic amines) is 1. The largest absolute Gasteiger partial charge is 0.341 e. The lowest BCUT2D eigenvalue weighted by Gasteiger charge is -2.16. The second-order valence-electron chi connectivity index (χ2n) is 6.75. The summed E-state index contributed by atoms with van der Waals surface area (Å²) >= 11 is 0. The van der Waals surface area contributed by atoms with Crippen molar-refractivity contribution in [1.29, 1.82) is 0 Å². The molecule has 1 saturated heterocycles. The van der Waals surface area contributed by atoms with E-state index < -0.39 is 4.92 Å². The van der Waals surface area contributed by atoms with Gasteiger partial charge in [0.25, 0.3) is 11.2 Å². The number of nitro groups is 1. The first-order valence-electron chi connectivity index (χ1n) is 9.07. The Labute approximate surface area is 160 Å². The molecule has 0 N–H and O–H groups in total. The van der Waals surface area contributed by atoms with E-state index in [9.17, 15) is 19.7 Å². The number of rotatable bonds is 4. The zero-order valence-corrected chi connectivity index (χ0v) is 15.1. The van der Waals surface area contributed by atoms with Gasteiger partial charge < -0.3 is 4.90 Å². The van der Waals surface area contributed by atoms with Crippen LogP contribution in [-0.4, -0.2) is 38.6 Å². The number of amides is 1. The van der Waals surface area contributed by atoms with Gasteiger partial charge in [0.05, 0.1) is 16.0 Å². The maximum absolute atomic E-state index is 12.9. The Morgan fingerprint density at radius 1 is 1.07 bits per heavy atom. The third kappa shape index (κ3) is 3.24. The van der Waals surface area contributed by atoms with Crippen molar-refractivity contribution >= 4 is 22.4 Å². The lowest BCUT2D eigenvalue weighted by Crippen LogP contribution is -2.35. The Morgan fingerprint density at radius 2 is 1.79 bits per heavy atom. The first kappa shape index (κ1) is 17.8. The van der Waals surface area contributed by atoms with Crippen LogP contribution in [0.2, 0.25) is 0 Å². The van der Waals surface area contributed by atoms with E-state index in [0.29, 0.717) is 35.1 Å². The average molecular weight is 378 g/mol. The monoisotopic (exact) mass is 378 g/mol. The number of carbonyl (C=O) groups excluding carboxylic acids is 1. The molecular formula is C20H18N4O4. The third-order valence-electron chi connectivity index (χ3n) is 4.94. The highest BCUT2D eigenvalue weighted by molar-refractivity contribution is 5.94. The zero-order chi connectivity index (χ0) is 19.7. The van der Waals surface area contributed by atoms with Crippen LogP contribution < -0.4 is 5.56 Å². The minimum Gasteiger partial charge on any atom is -0.341 e. The van der Waals surface area contributed by atoms with Crippen LogP contribution in [0, 0.1) is 10.1 Å². The molecule has 0 radical (unpaired) electrons. The predicted molar refractivity (Wildman–Crippen MR) is 104 cm³/mol. The van der Waals surface area contributed by atoms with Crippen LogP contribution in [0.1, 0.15) is 12.8 Å². The molecule has 1 aromatic heterocycles. The van der Waals surface area contributed by atoms with Gasteiger partial charge in [-0.15, -0.1) is 0 Å². The van der Waals surface area contributed by atoms with Crippen LogP contribution in [0.5, 0.6) is 0 Å². The normalized spacial score (nSPS) is 13.8. The molecule has 0 atom stereocenters. The molecule has 1 aliphatic heterocycles. The fraction of sp³-hybridized carbons (Fsp3) is 0.250. The topological polar surface area (TPSA) is 98.3 Å². The average Bonchev–Trinajstić information content (AvgIpc) is 3.25. The predicted octanol–water partition coefficient (Wildman–Crippen LogP) is 2.59. The standard InChI is InChI=1S/C20H18N4O4/c25-18(22-10-3-4-11-22)13-23-20(26)17-9-2-1-8-16(17)19(21-23)14-6-5-7-15(12-14)24(27)28/h1-2,5-9,12H,3-4,10-11,13H2. The maximum Gasteiger partial charge on any atom is 0.275 e. The lowest BCUT2D eigenvalue weighted by atomic mass is 10.0. The summed E-state index contributed by atoms with van der Waals surface area (Å²) in [5.74, 6) is -0.146. The number of aromatic nitrogens is 2. The number of carbonyl (C=O) groups is 1. The zero-order valence-electron chi connectivity index (χ0n) is 15.1. The molecule has 4 rings (SSSR count). The van der Waals surface area contributed by atoms with Crippen molar-refractivity contribution in [3.63, 3.8) is 0 Å². The molecule has 0 unspecified atom stereocenters. The molecule has 2 aromatic carbocycles. The fourth-order valence-corrected chi connectivity index (χ4v) is 3.52. The molecule has 0 aliphatic carbocycles. The van der Waals surface area contributed by atoms with Gasteiger partial charge in [-0.2, -0.15) is 5.10 Å². The summed E-state index contributed by atoms with van der Waals surface area (Å²) in [6, 6.07) is 13.1. The van der Waals surface area contributed by atoms with Crippen LogP contribution in [-0.2, 0) is 11.3 Å². The second kappa shape index (κ2) is 7.22. The summed E-state index contributed by atoms with van der Waals surface area (Å²) in [6.07, 6.45) is 1.93. The quantitative estimate of drug-likeness (QED) is 0.513. The van der Waals surface area contributed by atoms with Gasteiger partial charge in [-0.25, -0.2) is 4.68 Å². The number of benzene rings is 2. The first-order chi connectivity index (χ1) is 13.5. The number of nitrogens with zero attached hydrogens (tertiary/aromatic N) is 4. The molecule has 0 bridgehead atoms. The van der Waals surface area contributed by atoms with Crippen molar-refractivity contribution in [2.45, 2.75) is 19.4 Å². The second-order valence-corrected chi connectivity index (χ2v) is 6.75. The van der Waals surface area contributed by atoms with Crippen molar-refractivity contribution in [2.75, 3.05) is 13.1 Å². The van der Waals surface area contributed by atoms with E-state index in [1.807, 2.05) is 0 Å². The number of nitro benzene ring substituents is 1. The Morgan fingerprint density at radius 3 is 2.50 bits per heavy atom. The molecule has 1 fully saturated rings. The number of non-ortho nitro benzene ring substituents is 1. The molecular weight excluding hydrogens is 360 g/mol. The first-order valence-corrected chi connectivity index (χ1v) is 9.07. The van der Waals surface area contributed by atoms with E-state index in [1.165, 1.54) is 12.1 Å². The van der Waals surface area contributed by atoms with Crippen LogP contribution in [0.4, 0.5) is 5.69 Å². The van der Waals surface area contributed by atoms with Crippen LogP contribution in [0.25, 0.3) is 22.0 Å². The van der Waals surface area contributed by atoms with Crippen molar-refractivity contribution in [2.24, 2.45) is 0 Å². The highest BCUT2D eigenvalue weighted by Gasteiger charge is 2.21. The fourth-order valence-electron chi connectivity index (χ4n) is 3.52. The number of fused-ring (bicyclic) bond motifs is 1. The Balaban J connectivity index is 1.85. The van der Waals surface area contributed by atoms with Crippen molar-refractivity contribution in [3.05, 3.63) is 69.0 Å². The number of hydrogen-bond acceptors (Lipinski definition) is 5. The summed E-state index contributed by atoms with van der Waals surface area (Å²) in [7, 11) is 0. The molecule has 3 aromatic rings. The molecule has 28 heavy (non-hydrogen) atoms. The third-order valence-corrected chi connectivity index (χ3v) is 4.94. The van der Waals surface area contributed by atoms with E-state index in [0.717, 1.165) is 17.5 Å². The van der Waals surface area contributed by atoms with E-state index in [2.05, 4.69) is 5.10 Å². The molecule has 1 aliphatic rings. The van der Waals surface area contributed by atoms with E-state index in [1.54, 1.807) is 41.3 Å². The van der Waals surface area contributed by atoms with Crippen molar-refractivity contribution < 1.29 is 9.72 Å². The summed E-state index contributed by atoms with van der Waals surface area (Å²) in [5, 5.41) is 16.6. The molecule has 8 heteroatoms. The van der Waals surface area contributed by atoms with E-state index in [4.69, 9.17) is 0 Å². The van der Waals surface area contributed by atoms with Gasteiger partial charge in [-0.1, -0.05) is 30.3 Å². The molecule has 142 valence electrons. The maximum atomic E-state index is 12.9. The summed E-state index contributed by atoms with van der Waals surface area (Å²) in [6.45, 7) is 1.24. The van der Waals surface area contributed by atoms with Crippen LogP contribution in [0.3, 0.4) is 0 Å². The molecule has 0 spiro atoms. The van der Waals surface area contributed by atoms with Crippen molar-refractivity contribution in [3.8, 4) is 11.3 Å². The molecule has 0 saturated carbocycles. The van der Waals surface area contributed by atoms with E-state index in [-0.39, 0.29) is 23.7 Å². The Hall–Kier alpha value is -3.55. The van der Waals surface area contributed by atoms with Crippen molar-refractivity contribution in [1.82, 2.24) is 14.7 Å². The van der Waals surface area contributed by atoms with Gasteiger partial charge >= 0.3 is 0 Å². The Bertz CT molecular complexity index is 1130. The summed E-state index contributed by atoms with van der Waals surface area (Å²) < 4.78 is 1.16. The highest BCUT2D eigenvalue weighted by atomic mass is 16.6. The van der Waals surface area contributed by atoms with Gasteiger partial charge in [0.2, 0.25) is 5.91 Å². The summed E-state index contributed by atoms with van der Waals surface area (Å²) in [5.41, 5.74) is 0.549. The SMILES string of the molecule is O=C(Cn1nc(-c2cccc([N+](=O)[O-])c2)c2ccccc2c1=O)N1CCCC1. The van der Waals surface area contributed by atoms with E-state index >= 15 is 0 Å². The smallest absolute Gasteiger partial charge is 0.275 e. The minimum atomic E-state index is -0.474.